The molecule has 1 aromatic carbocycles. The average molecular weight is 314 g/mol. The zero-order valence-corrected chi connectivity index (χ0v) is 13.2. The van der Waals surface area contributed by atoms with Gasteiger partial charge in [0, 0.05) is 25.8 Å². The SMILES string of the molecule is CC(CC1(O)CCOCC1)NCCOc1ccccc1Cl. The normalized spacial score (nSPS) is 19.2. The second-order valence-corrected chi connectivity index (χ2v) is 6.08. The predicted molar refractivity (Wildman–Crippen MR) is 84.0 cm³/mol. The standard InChI is InChI=1S/C16H24ClNO3/c1-13(12-16(19)6-9-20-10-7-16)18-8-11-21-15-5-3-2-4-14(15)17/h2-5,13,18-19H,6-12H2,1H3. The molecule has 1 heterocycles. The maximum atomic E-state index is 10.4. The van der Waals surface area contributed by atoms with Gasteiger partial charge in [0.25, 0.3) is 0 Å². The molecule has 118 valence electrons. The molecule has 0 amide bonds. The first-order valence-electron chi connectivity index (χ1n) is 7.50. The van der Waals surface area contributed by atoms with Gasteiger partial charge in [-0.25, -0.2) is 0 Å². The van der Waals surface area contributed by atoms with Crippen LogP contribution in [-0.4, -0.2) is 43.1 Å². The molecule has 1 aliphatic rings. The number of ether oxygens (including phenoxy) is 2. The van der Waals surface area contributed by atoms with Crippen LogP contribution in [0.5, 0.6) is 5.75 Å². The van der Waals surface area contributed by atoms with Crippen LogP contribution in [0.2, 0.25) is 5.02 Å². The molecule has 5 heteroatoms. The summed E-state index contributed by atoms with van der Waals surface area (Å²) in [6.07, 6.45) is 2.17. The van der Waals surface area contributed by atoms with E-state index in [1.165, 1.54) is 0 Å². The highest BCUT2D eigenvalue weighted by molar-refractivity contribution is 6.32. The lowest BCUT2D eigenvalue weighted by Gasteiger charge is -2.34. The molecule has 1 aromatic rings. The molecule has 1 saturated heterocycles. The number of benzene rings is 1. The fourth-order valence-corrected chi connectivity index (χ4v) is 2.82. The maximum absolute atomic E-state index is 10.4. The van der Waals surface area contributed by atoms with Crippen LogP contribution in [0.25, 0.3) is 0 Å². The summed E-state index contributed by atoms with van der Waals surface area (Å²) in [5.74, 6) is 0.705. The molecule has 21 heavy (non-hydrogen) atoms. The Kier molecular flexibility index (Phi) is 6.30. The highest BCUT2D eigenvalue weighted by Crippen LogP contribution is 2.25. The summed E-state index contributed by atoms with van der Waals surface area (Å²) in [4.78, 5) is 0. The fraction of sp³-hybridized carbons (Fsp3) is 0.625. The van der Waals surface area contributed by atoms with Crippen molar-refractivity contribution < 1.29 is 14.6 Å². The van der Waals surface area contributed by atoms with Crippen LogP contribution in [0.1, 0.15) is 26.2 Å². The van der Waals surface area contributed by atoms with Gasteiger partial charge in [0.2, 0.25) is 0 Å². The minimum atomic E-state index is -0.589. The monoisotopic (exact) mass is 313 g/mol. The van der Waals surface area contributed by atoms with E-state index in [9.17, 15) is 5.11 Å². The number of hydrogen-bond acceptors (Lipinski definition) is 4. The van der Waals surface area contributed by atoms with Crippen LogP contribution in [0.4, 0.5) is 0 Å². The van der Waals surface area contributed by atoms with Gasteiger partial charge in [-0.1, -0.05) is 23.7 Å². The fourth-order valence-electron chi connectivity index (χ4n) is 2.63. The summed E-state index contributed by atoms with van der Waals surface area (Å²) in [7, 11) is 0. The third-order valence-corrected chi connectivity index (χ3v) is 4.11. The first-order chi connectivity index (χ1) is 10.1. The Bertz CT molecular complexity index is 435. The number of nitrogens with one attached hydrogen (secondary N) is 1. The Balaban J connectivity index is 1.65. The maximum Gasteiger partial charge on any atom is 0.137 e. The molecular formula is C16H24ClNO3. The summed E-state index contributed by atoms with van der Waals surface area (Å²) in [5.41, 5.74) is -0.589. The third-order valence-electron chi connectivity index (χ3n) is 3.80. The van der Waals surface area contributed by atoms with Gasteiger partial charge in [0.15, 0.2) is 0 Å². The number of hydrogen-bond donors (Lipinski definition) is 2. The van der Waals surface area contributed by atoms with Crippen molar-refractivity contribution in [2.45, 2.75) is 37.8 Å². The van der Waals surface area contributed by atoms with E-state index in [0.717, 1.165) is 25.8 Å². The highest BCUT2D eigenvalue weighted by atomic mass is 35.5. The molecule has 2 rings (SSSR count). The van der Waals surface area contributed by atoms with Crippen LogP contribution in [0.15, 0.2) is 24.3 Å². The Labute approximate surface area is 131 Å². The lowest BCUT2D eigenvalue weighted by molar-refractivity contribution is -0.0719. The summed E-state index contributed by atoms with van der Waals surface area (Å²) >= 11 is 6.02. The van der Waals surface area contributed by atoms with E-state index in [4.69, 9.17) is 21.1 Å². The van der Waals surface area contributed by atoms with Crippen molar-refractivity contribution in [3.8, 4) is 5.75 Å². The number of aliphatic hydroxyl groups is 1. The van der Waals surface area contributed by atoms with Crippen LogP contribution in [0.3, 0.4) is 0 Å². The molecule has 0 radical (unpaired) electrons. The van der Waals surface area contributed by atoms with Gasteiger partial charge < -0.3 is 19.9 Å². The van der Waals surface area contributed by atoms with E-state index in [2.05, 4.69) is 12.2 Å². The molecule has 0 aliphatic carbocycles. The zero-order chi connectivity index (χ0) is 15.1. The van der Waals surface area contributed by atoms with Gasteiger partial charge in [-0.3, -0.25) is 0 Å². The van der Waals surface area contributed by atoms with Crippen molar-refractivity contribution in [2.24, 2.45) is 0 Å². The molecule has 0 saturated carbocycles. The minimum absolute atomic E-state index is 0.239. The highest BCUT2D eigenvalue weighted by Gasteiger charge is 2.31. The number of para-hydroxylation sites is 1. The minimum Gasteiger partial charge on any atom is -0.491 e. The quantitative estimate of drug-likeness (QED) is 0.760. The van der Waals surface area contributed by atoms with Crippen LogP contribution >= 0.6 is 11.6 Å². The molecule has 0 aromatic heterocycles. The predicted octanol–water partition coefficient (Wildman–Crippen LogP) is 2.63. The van der Waals surface area contributed by atoms with Crippen LogP contribution in [-0.2, 0) is 4.74 Å². The van der Waals surface area contributed by atoms with E-state index in [0.29, 0.717) is 30.6 Å². The van der Waals surface area contributed by atoms with E-state index >= 15 is 0 Å². The molecule has 0 bridgehead atoms. The van der Waals surface area contributed by atoms with Crippen molar-refractivity contribution in [1.29, 1.82) is 0 Å². The first-order valence-corrected chi connectivity index (χ1v) is 7.88. The third kappa shape index (κ3) is 5.47. The lowest BCUT2D eigenvalue weighted by Crippen LogP contribution is -2.43. The smallest absolute Gasteiger partial charge is 0.137 e. The second-order valence-electron chi connectivity index (χ2n) is 5.67. The Morgan fingerprint density at radius 1 is 1.38 bits per heavy atom. The summed E-state index contributed by atoms with van der Waals surface area (Å²) < 4.78 is 10.9. The van der Waals surface area contributed by atoms with Crippen molar-refractivity contribution in [3.63, 3.8) is 0 Å². The molecule has 4 nitrogen and oxygen atoms in total. The van der Waals surface area contributed by atoms with Crippen molar-refractivity contribution in [3.05, 3.63) is 29.3 Å². The van der Waals surface area contributed by atoms with Crippen LogP contribution < -0.4 is 10.1 Å². The van der Waals surface area contributed by atoms with Crippen molar-refractivity contribution in [2.75, 3.05) is 26.4 Å². The van der Waals surface area contributed by atoms with Gasteiger partial charge >= 0.3 is 0 Å². The Morgan fingerprint density at radius 3 is 2.81 bits per heavy atom. The van der Waals surface area contributed by atoms with Gasteiger partial charge in [0.05, 0.1) is 10.6 Å². The Morgan fingerprint density at radius 2 is 2.10 bits per heavy atom. The van der Waals surface area contributed by atoms with E-state index in [1.807, 2.05) is 24.3 Å². The van der Waals surface area contributed by atoms with Crippen molar-refractivity contribution >= 4 is 11.6 Å². The van der Waals surface area contributed by atoms with E-state index < -0.39 is 5.60 Å². The molecular weight excluding hydrogens is 290 g/mol. The van der Waals surface area contributed by atoms with Crippen molar-refractivity contribution in [1.82, 2.24) is 5.32 Å². The summed E-state index contributed by atoms with van der Waals surface area (Å²) in [6, 6.07) is 7.69. The lowest BCUT2D eigenvalue weighted by atomic mass is 9.88. The van der Waals surface area contributed by atoms with Gasteiger partial charge in [-0.2, -0.15) is 0 Å². The molecule has 1 aliphatic heterocycles. The van der Waals surface area contributed by atoms with E-state index in [1.54, 1.807) is 0 Å². The molecule has 0 spiro atoms. The van der Waals surface area contributed by atoms with Gasteiger partial charge in [0.1, 0.15) is 12.4 Å². The largest absolute Gasteiger partial charge is 0.491 e. The Hall–Kier alpha value is -0.810. The van der Waals surface area contributed by atoms with Crippen LogP contribution in [0, 0.1) is 0 Å². The first kappa shape index (κ1) is 16.6. The molecule has 1 atom stereocenters. The second kappa shape index (κ2) is 7.99. The van der Waals surface area contributed by atoms with E-state index in [-0.39, 0.29) is 6.04 Å². The molecule has 2 N–H and O–H groups in total. The average Bonchev–Trinajstić information content (AvgIpc) is 2.45. The topological polar surface area (TPSA) is 50.7 Å². The van der Waals surface area contributed by atoms with Gasteiger partial charge in [-0.15, -0.1) is 0 Å². The number of rotatable bonds is 7. The molecule has 1 fully saturated rings. The molecule has 1 unspecified atom stereocenters. The summed E-state index contributed by atoms with van der Waals surface area (Å²) in [6.45, 7) is 4.66. The zero-order valence-electron chi connectivity index (χ0n) is 12.5. The number of halogens is 1. The van der Waals surface area contributed by atoms with Gasteiger partial charge in [-0.05, 0) is 38.3 Å². The summed E-state index contributed by atoms with van der Waals surface area (Å²) in [5, 5.41) is 14.4.